The summed E-state index contributed by atoms with van der Waals surface area (Å²) >= 11 is 5.83. The lowest BCUT2D eigenvalue weighted by Gasteiger charge is -2.30. The Hall–Kier alpha value is -1.06. The van der Waals surface area contributed by atoms with E-state index in [0.717, 1.165) is 36.1 Å². The van der Waals surface area contributed by atoms with Gasteiger partial charge >= 0.3 is 0 Å². The smallest absolute Gasteiger partial charge is 0.221 e. The lowest BCUT2D eigenvalue weighted by atomic mass is 10.0. The number of hydrogen-bond acceptors (Lipinski definition) is 2. The van der Waals surface area contributed by atoms with E-state index in [-0.39, 0.29) is 5.91 Å². The molecule has 1 heterocycles. The minimum Gasteiger partial charge on any atom is -0.352 e. The molecule has 1 aromatic carbocycles. The van der Waals surface area contributed by atoms with Crippen LogP contribution in [0.15, 0.2) is 24.3 Å². The molecule has 2 rings (SSSR count). The van der Waals surface area contributed by atoms with Gasteiger partial charge in [-0.1, -0.05) is 30.7 Å². The van der Waals surface area contributed by atoms with E-state index in [4.69, 9.17) is 11.6 Å². The van der Waals surface area contributed by atoms with Crippen LogP contribution in [0.4, 0.5) is 0 Å². The summed E-state index contributed by atoms with van der Waals surface area (Å²) in [6.45, 7) is 6.00. The number of hydrogen-bond donors (Lipinski definition) is 1. The van der Waals surface area contributed by atoms with Gasteiger partial charge in [0.25, 0.3) is 0 Å². The molecular weight excluding hydrogens is 272 g/mol. The monoisotopic (exact) mass is 294 g/mol. The topological polar surface area (TPSA) is 32.3 Å². The first-order chi connectivity index (χ1) is 9.63. The van der Waals surface area contributed by atoms with Crippen LogP contribution < -0.4 is 5.32 Å². The Bertz CT molecular complexity index is 433. The van der Waals surface area contributed by atoms with Gasteiger partial charge in [0.15, 0.2) is 0 Å². The molecule has 110 valence electrons. The number of likely N-dealkylation sites (tertiary alicyclic amines) is 1. The largest absolute Gasteiger partial charge is 0.352 e. The Kier molecular flexibility index (Phi) is 5.86. The average molecular weight is 295 g/mol. The Labute approximate surface area is 126 Å². The second kappa shape index (κ2) is 7.65. The molecule has 0 bridgehead atoms. The van der Waals surface area contributed by atoms with Crippen LogP contribution in [-0.2, 0) is 11.3 Å². The van der Waals surface area contributed by atoms with Crippen molar-refractivity contribution >= 4 is 17.5 Å². The average Bonchev–Trinajstić information content (AvgIpc) is 2.45. The first kappa shape index (κ1) is 15.3. The van der Waals surface area contributed by atoms with Gasteiger partial charge in [-0.3, -0.25) is 4.79 Å². The molecule has 1 saturated heterocycles. The molecule has 1 unspecified atom stereocenters. The summed E-state index contributed by atoms with van der Waals surface area (Å²) in [5, 5.41) is 3.68. The Morgan fingerprint density at radius 2 is 2.15 bits per heavy atom. The fourth-order valence-corrected chi connectivity index (χ4v) is 2.77. The van der Waals surface area contributed by atoms with Gasteiger partial charge in [0.05, 0.1) is 0 Å². The molecule has 0 aromatic heterocycles. The van der Waals surface area contributed by atoms with Crippen molar-refractivity contribution in [2.45, 2.75) is 32.7 Å². The summed E-state index contributed by atoms with van der Waals surface area (Å²) in [6, 6.07) is 7.57. The molecule has 1 atom stereocenters. The van der Waals surface area contributed by atoms with Crippen molar-refractivity contribution in [2.75, 3.05) is 19.6 Å². The molecule has 0 saturated carbocycles. The van der Waals surface area contributed by atoms with Crippen LogP contribution in [0.2, 0.25) is 5.02 Å². The van der Waals surface area contributed by atoms with Crippen molar-refractivity contribution in [3.05, 3.63) is 34.9 Å². The standard InChI is InChI=1S/C16H23ClN2O/c1-13-3-2-9-19(12-13)10-8-16(20)18-11-14-4-6-15(17)7-5-14/h4-7,13H,2-3,8-12H2,1H3,(H,18,20). The molecule has 4 heteroatoms. The van der Waals surface area contributed by atoms with Gasteiger partial charge in [0.1, 0.15) is 0 Å². The number of carbonyl (C=O) groups is 1. The normalized spacial score (nSPS) is 19.8. The molecule has 20 heavy (non-hydrogen) atoms. The second-order valence-electron chi connectivity index (χ2n) is 5.70. The van der Waals surface area contributed by atoms with Gasteiger partial charge in [-0.25, -0.2) is 0 Å². The van der Waals surface area contributed by atoms with E-state index in [1.807, 2.05) is 24.3 Å². The number of nitrogens with zero attached hydrogens (tertiary/aromatic N) is 1. The minimum atomic E-state index is 0.123. The van der Waals surface area contributed by atoms with Gasteiger partial charge in [0, 0.05) is 31.1 Å². The van der Waals surface area contributed by atoms with E-state index in [1.165, 1.54) is 12.8 Å². The number of halogens is 1. The summed E-state index contributed by atoms with van der Waals surface area (Å²) in [7, 11) is 0. The van der Waals surface area contributed by atoms with Crippen molar-refractivity contribution < 1.29 is 4.79 Å². The highest BCUT2D eigenvalue weighted by atomic mass is 35.5. The van der Waals surface area contributed by atoms with Gasteiger partial charge in [-0.15, -0.1) is 0 Å². The predicted octanol–water partition coefficient (Wildman–Crippen LogP) is 3.08. The number of carbonyl (C=O) groups excluding carboxylic acids is 1. The highest BCUT2D eigenvalue weighted by Crippen LogP contribution is 2.15. The Balaban J connectivity index is 1.66. The number of rotatable bonds is 5. The van der Waals surface area contributed by atoms with E-state index in [2.05, 4.69) is 17.1 Å². The fourth-order valence-electron chi connectivity index (χ4n) is 2.64. The fraction of sp³-hybridized carbons (Fsp3) is 0.562. The molecule has 0 spiro atoms. The first-order valence-corrected chi connectivity index (χ1v) is 7.75. The van der Waals surface area contributed by atoms with Crippen LogP contribution in [0, 0.1) is 5.92 Å². The molecule has 0 radical (unpaired) electrons. The van der Waals surface area contributed by atoms with Gasteiger partial charge in [-0.2, -0.15) is 0 Å². The zero-order valence-electron chi connectivity index (χ0n) is 12.1. The summed E-state index contributed by atoms with van der Waals surface area (Å²) in [5.74, 6) is 0.888. The highest BCUT2D eigenvalue weighted by Gasteiger charge is 2.16. The maximum absolute atomic E-state index is 11.8. The van der Waals surface area contributed by atoms with E-state index in [1.54, 1.807) is 0 Å². The van der Waals surface area contributed by atoms with Crippen LogP contribution >= 0.6 is 11.6 Å². The Morgan fingerprint density at radius 1 is 1.40 bits per heavy atom. The predicted molar refractivity (Wildman–Crippen MR) is 82.8 cm³/mol. The van der Waals surface area contributed by atoms with Crippen molar-refractivity contribution in [1.29, 1.82) is 0 Å². The van der Waals surface area contributed by atoms with E-state index >= 15 is 0 Å². The van der Waals surface area contributed by atoms with E-state index < -0.39 is 0 Å². The Morgan fingerprint density at radius 3 is 2.85 bits per heavy atom. The third-order valence-electron chi connectivity index (χ3n) is 3.80. The summed E-state index contributed by atoms with van der Waals surface area (Å²) < 4.78 is 0. The molecule has 1 fully saturated rings. The number of piperidine rings is 1. The van der Waals surface area contributed by atoms with Crippen LogP contribution in [0.3, 0.4) is 0 Å². The van der Waals surface area contributed by atoms with Crippen molar-refractivity contribution in [1.82, 2.24) is 10.2 Å². The number of benzene rings is 1. The molecule has 3 nitrogen and oxygen atoms in total. The molecule has 0 aliphatic carbocycles. The van der Waals surface area contributed by atoms with Crippen molar-refractivity contribution in [2.24, 2.45) is 5.92 Å². The first-order valence-electron chi connectivity index (χ1n) is 7.37. The van der Waals surface area contributed by atoms with Crippen molar-refractivity contribution in [3.63, 3.8) is 0 Å². The quantitative estimate of drug-likeness (QED) is 0.905. The van der Waals surface area contributed by atoms with Gasteiger partial charge in [-0.05, 0) is 43.0 Å². The molecule has 1 aliphatic rings. The second-order valence-corrected chi connectivity index (χ2v) is 6.14. The van der Waals surface area contributed by atoms with Gasteiger partial charge in [0.2, 0.25) is 5.91 Å². The van der Waals surface area contributed by atoms with E-state index in [0.29, 0.717) is 13.0 Å². The maximum Gasteiger partial charge on any atom is 0.221 e. The lowest BCUT2D eigenvalue weighted by Crippen LogP contribution is -2.37. The molecule has 1 amide bonds. The lowest BCUT2D eigenvalue weighted by molar-refractivity contribution is -0.121. The van der Waals surface area contributed by atoms with E-state index in [9.17, 15) is 4.79 Å². The SMILES string of the molecule is CC1CCCN(CCC(=O)NCc2ccc(Cl)cc2)C1. The van der Waals surface area contributed by atoms with Crippen LogP contribution in [0.25, 0.3) is 0 Å². The zero-order chi connectivity index (χ0) is 14.4. The van der Waals surface area contributed by atoms with Crippen LogP contribution in [0.5, 0.6) is 0 Å². The summed E-state index contributed by atoms with van der Waals surface area (Å²) in [6.07, 6.45) is 3.16. The van der Waals surface area contributed by atoms with Crippen LogP contribution in [0.1, 0.15) is 31.7 Å². The summed E-state index contributed by atoms with van der Waals surface area (Å²) in [5.41, 5.74) is 1.08. The van der Waals surface area contributed by atoms with Crippen molar-refractivity contribution in [3.8, 4) is 0 Å². The third kappa shape index (κ3) is 5.14. The summed E-state index contributed by atoms with van der Waals surface area (Å²) in [4.78, 5) is 14.2. The van der Waals surface area contributed by atoms with Crippen LogP contribution in [-0.4, -0.2) is 30.4 Å². The number of nitrogens with one attached hydrogen (secondary N) is 1. The molecule has 1 N–H and O–H groups in total. The maximum atomic E-state index is 11.8. The number of amides is 1. The zero-order valence-corrected chi connectivity index (χ0v) is 12.8. The molecule has 1 aromatic rings. The third-order valence-corrected chi connectivity index (χ3v) is 4.05. The minimum absolute atomic E-state index is 0.123. The molecule has 1 aliphatic heterocycles. The highest BCUT2D eigenvalue weighted by molar-refractivity contribution is 6.30. The molecular formula is C16H23ClN2O. The van der Waals surface area contributed by atoms with Gasteiger partial charge < -0.3 is 10.2 Å².